The molecule has 0 atom stereocenters. The molecule has 2 aliphatic rings. The summed E-state index contributed by atoms with van der Waals surface area (Å²) in [5.74, 6) is 0.593. The van der Waals surface area contributed by atoms with Crippen molar-refractivity contribution in [1.29, 1.82) is 0 Å². The van der Waals surface area contributed by atoms with Gasteiger partial charge in [0, 0.05) is 42.8 Å². The lowest BCUT2D eigenvalue weighted by Crippen LogP contribution is -2.46. The summed E-state index contributed by atoms with van der Waals surface area (Å²) in [7, 11) is 1.61. The molecule has 0 radical (unpaired) electrons. The van der Waals surface area contributed by atoms with E-state index in [1.165, 1.54) is 0 Å². The van der Waals surface area contributed by atoms with Crippen molar-refractivity contribution in [2.75, 3.05) is 35.7 Å². The molecule has 0 bridgehead atoms. The average molecular weight is 582 g/mol. The first-order chi connectivity index (χ1) is 19.9. The van der Waals surface area contributed by atoms with Crippen LogP contribution in [0.3, 0.4) is 0 Å². The average Bonchev–Trinajstić information content (AvgIpc) is 2.93. The molecule has 2 aromatic rings. The fourth-order valence-electron chi connectivity index (χ4n) is 5.70. The Labute approximate surface area is 247 Å². The predicted octanol–water partition coefficient (Wildman–Crippen LogP) is 6.01. The third kappa shape index (κ3) is 8.04. The van der Waals surface area contributed by atoms with Crippen molar-refractivity contribution in [2.24, 2.45) is 5.92 Å². The Kier molecular flexibility index (Phi) is 9.80. The molecule has 1 aliphatic heterocycles. The van der Waals surface area contributed by atoms with E-state index in [2.05, 4.69) is 16.0 Å². The predicted molar refractivity (Wildman–Crippen MR) is 163 cm³/mol. The summed E-state index contributed by atoms with van der Waals surface area (Å²) in [6.07, 6.45) is 3.73. The molecule has 0 unspecified atom stereocenters. The molecule has 11 heteroatoms. The molecule has 1 saturated carbocycles. The van der Waals surface area contributed by atoms with Crippen LogP contribution in [0.1, 0.15) is 64.9 Å². The van der Waals surface area contributed by atoms with Gasteiger partial charge in [-0.3, -0.25) is 14.9 Å². The maximum absolute atomic E-state index is 12.9. The van der Waals surface area contributed by atoms with Crippen LogP contribution in [0.4, 0.5) is 27.5 Å². The third-order valence-electron chi connectivity index (χ3n) is 7.89. The number of piperidine rings is 1. The van der Waals surface area contributed by atoms with Gasteiger partial charge in [-0.05, 0) is 90.0 Å². The first kappa shape index (κ1) is 30.9. The highest BCUT2D eigenvalue weighted by Crippen LogP contribution is 2.38. The van der Waals surface area contributed by atoms with E-state index in [1.54, 1.807) is 19.2 Å². The number of amides is 2. The highest BCUT2D eigenvalue weighted by Gasteiger charge is 2.31. The number of ether oxygens (including phenoxy) is 2. The lowest BCUT2D eigenvalue weighted by molar-refractivity contribution is -0.383. The minimum absolute atomic E-state index is 0.0168. The number of aryl methyl sites for hydroxylation is 1. The smallest absolute Gasteiger partial charge is 0.407 e. The van der Waals surface area contributed by atoms with Crippen molar-refractivity contribution < 1.29 is 24.0 Å². The van der Waals surface area contributed by atoms with Crippen LogP contribution >= 0.6 is 0 Å². The van der Waals surface area contributed by atoms with Gasteiger partial charge in [-0.25, -0.2) is 4.79 Å². The lowest BCUT2D eigenvalue weighted by Gasteiger charge is -2.34. The number of nitro groups is 1. The molecule has 11 nitrogen and oxygen atoms in total. The molecule has 228 valence electrons. The summed E-state index contributed by atoms with van der Waals surface area (Å²) in [4.78, 5) is 39.0. The summed E-state index contributed by atoms with van der Waals surface area (Å²) in [5.41, 5.74) is 2.26. The van der Waals surface area contributed by atoms with E-state index in [4.69, 9.17) is 9.47 Å². The molecule has 2 fully saturated rings. The highest BCUT2D eigenvalue weighted by molar-refractivity contribution is 5.92. The number of rotatable bonds is 8. The van der Waals surface area contributed by atoms with Crippen LogP contribution < -0.4 is 25.6 Å². The van der Waals surface area contributed by atoms with Gasteiger partial charge in [-0.1, -0.05) is 12.1 Å². The van der Waals surface area contributed by atoms with E-state index in [-0.39, 0.29) is 34.5 Å². The van der Waals surface area contributed by atoms with E-state index in [1.807, 2.05) is 56.9 Å². The van der Waals surface area contributed by atoms with Gasteiger partial charge in [-0.15, -0.1) is 0 Å². The molecule has 1 saturated heterocycles. The number of hydrogen-bond donors (Lipinski definition) is 3. The van der Waals surface area contributed by atoms with Gasteiger partial charge in [0.15, 0.2) is 0 Å². The van der Waals surface area contributed by atoms with Crippen LogP contribution in [0.15, 0.2) is 36.4 Å². The highest BCUT2D eigenvalue weighted by atomic mass is 16.6. The molecule has 1 heterocycles. The Morgan fingerprint density at radius 1 is 1.00 bits per heavy atom. The number of nitrogens with one attached hydrogen (secondary N) is 3. The van der Waals surface area contributed by atoms with Crippen molar-refractivity contribution in [3.63, 3.8) is 0 Å². The molecule has 0 aromatic heterocycles. The zero-order valence-corrected chi connectivity index (χ0v) is 25.2. The van der Waals surface area contributed by atoms with Crippen molar-refractivity contribution in [2.45, 2.75) is 83.9 Å². The van der Waals surface area contributed by atoms with E-state index < -0.39 is 11.7 Å². The fraction of sp³-hybridized carbons (Fsp3) is 0.548. The standard InChI is InChI=1S/C31H43N5O6/c1-20-9-12-24(19-27(20)41-5)33-29(37)21-10-13-22(14-11-21)32-25-7-6-8-26(28(25)36(39)40)35-17-15-23(16-18-35)34-30(38)42-31(2,3)4/h6-9,12,19,21-23,32H,10-11,13-18H2,1-5H3,(H,33,37)(H,34,38). The van der Waals surface area contributed by atoms with E-state index in [0.717, 1.165) is 24.2 Å². The Balaban J connectivity index is 1.33. The second-order valence-corrected chi connectivity index (χ2v) is 12.2. The molecule has 2 aromatic carbocycles. The van der Waals surface area contributed by atoms with Crippen molar-refractivity contribution >= 4 is 34.7 Å². The number of hydrogen-bond acceptors (Lipinski definition) is 8. The number of para-hydroxylation sites is 1. The third-order valence-corrected chi connectivity index (χ3v) is 7.89. The minimum atomic E-state index is -0.569. The van der Waals surface area contributed by atoms with E-state index in [0.29, 0.717) is 55.8 Å². The Bertz CT molecular complexity index is 1280. The summed E-state index contributed by atoms with van der Waals surface area (Å²) < 4.78 is 10.7. The number of methoxy groups -OCH3 is 1. The number of nitrogens with zero attached hydrogens (tertiary/aromatic N) is 2. The summed E-state index contributed by atoms with van der Waals surface area (Å²) >= 11 is 0. The van der Waals surface area contributed by atoms with Gasteiger partial charge in [0.25, 0.3) is 0 Å². The molecule has 1 aliphatic carbocycles. The Hall–Kier alpha value is -4.02. The van der Waals surface area contributed by atoms with Gasteiger partial charge in [-0.2, -0.15) is 0 Å². The van der Waals surface area contributed by atoms with Crippen molar-refractivity contribution in [3.05, 3.63) is 52.1 Å². The van der Waals surface area contributed by atoms with Gasteiger partial charge in [0.1, 0.15) is 22.7 Å². The summed E-state index contributed by atoms with van der Waals surface area (Å²) in [6, 6.07) is 11.0. The van der Waals surface area contributed by atoms with Crippen molar-refractivity contribution in [3.8, 4) is 5.75 Å². The molecular weight excluding hydrogens is 538 g/mol. The SMILES string of the molecule is COc1cc(NC(=O)C2CCC(Nc3cccc(N4CCC(NC(=O)OC(C)(C)C)CC4)c3[N+](=O)[O-])CC2)ccc1C. The van der Waals surface area contributed by atoms with Gasteiger partial charge >= 0.3 is 11.8 Å². The summed E-state index contributed by atoms with van der Waals surface area (Å²) in [6.45, 7) is 8.58. The molecule has 0 spiro atoms. The molecule has 42 heavy (non-hydrogen) atoms. The Morgan fingerprint density at radius 2 is 1.69 bits per heavy atom. The van der Waals surface area contributed by atoms with Crippen LogP contribution in [-0.4, -0.2) is 54.8 Å². The number of benzene rings is 2. The van der Waals surface area contributed by atoms with Gasteiger partial charge in [0.2, 0.25) is 5.91 Å². The first-order valence-corrected chi connectivity index (χ1v) is 14.7. The molecule has 4 rings (SSSR count). The van der Waals surface area contributed by atoms with Crippen molar-refractivity contribution in [1.82, 2.24) is 5.32 Å². The van der Waals surface area contributed by atoms with Crippen LogP contribution in [0, 0.1) is 23.0 Å². The first-order valence-electron chi connectivity index (χ1n) is 14.7. The van der Waals surface area contributed by atoms with Crippen LogP contribution in [0.5, 0.6) is 5.75 Å². The monoisotopic (exact) mass is 581 g/mol. The minimum Gasteiger partial charge on any atom is -0.496 e. The largest absolute Gasteiger partial charge is 0.496 e. The van der Waals surface area contributed by atoms with Crippen LogP contribution in [-0.2, 0) is 9.53 Å². The maximum atomic E-state index is 12.9. The van der Waals surface area contributed by atoms with Crippen LogP contribution in [0.25, 0.3) is 0 Å². The number of alkyl carbamates (subject to hydrolysis) is 1. The zero-order chi connectivity index (χ0) is 30.4. The summed E-state index contributed by atoms with van der Waals surface area (Å²) in [5, 5.41) is 21.6. The number of nitro benzene ring substituents is 1. The second kappa shape index (κ2) is 13.3. The van der Waals surface area contributed by atoms with E-state index in [9.17, 15) is 19.7 Å². The lowest BCUT2D eigenvalue weighted by atomic mass is 9.85. The molecule has 3 N–H and O–H groups in total. The van der Waals surface area contributed by atoms with Crippen LogP contribution in [0.2, 0.25) is 0 Å². The quantitative estimate of drug-likeness (QED) is 0.255. The zero-order valence-electron chi connectivity index (χ0n) is 25.2. The second-order valence-electron chi connectivity index (χ2n) is 12.2. The van der Waals surface area contributed by atoms with Gasteiger partial charge in [0.05, 0.1) is 12.0 Å². The number of anilines is 3. The molecule has 2 amide bonds. The topological polar surface area (TPSA) is 135 Å². The van der Waals surface area contributed by atoms with E-state index >= 15 is 0 Å². The fourth-order valence-corrected chi connectivity index (χ4v) is 5.70. The number of carbonyl (C=O) groups is 2. The number of carbonyl (C=O) groups excluding carboxylic acids is 2. The Morgan fingerprint density at radius 3 is 2.31 bits per heavy atom. The molecular formula is C31H43N5O6. The normalized spacial score (nSPS) is 19.5. The van der Waals surface area contributed by atoms with Gasteiger partial charge < -0.3 is 30.3 Å². The maximum Gasteiger partial charge on any atom is 0.407 e.